The van der Waals surface area contributed by atoms with Crippen LogP contribution >= 0.6 is 0 Å². The van der Waals surface area contributed by atoms with Gasteiger partial charge in [0, 0.05) is 43.9 Å². The third-order valence-corrected chi connectivity index (χ3v) is 5.29. The van der Waals surface area contributed by atoms with Crippen molar-refractivity contribution in [2.45, 2.75) is 19.4 Å². The number of hydrogen-bond acceptors (Lipinski definition) is 5. The van der Waals surface area contributed by atoms with E-state index in [1.165, 1.54) is 4.31 Å². The highest BCUT2D eigenvalue weighted by atomic mass is 32.2. The monoisotopic (exact) mass is 341 g/mol. The summed E-state index contributed by atoms with van der Waals surface area (Å²) in [6, 6.07) is 1.77. The highest BCUT2D eigenvalue weighted by molar-refractivity contribution is 7.88. The fourth-order valence-electron chi connectivity index (χ4n) is 2.73. The molecule has 1 fully saturated rings. The molecule has 3 heterocycles. The van der Waals surface area contributed by atoms with Crippen LogP contribution in [-0.4, -0.2) is 60.2 Å². The van der Waals surface area contributed by atoms with Crippen molar-refractivity contribution in [3.8, 4) is 0 Å². The number of carbonyl (C=O) groups is 2. The van der Waals surface area contributed by atoms with Gasteiger partial charge in [-0.2, -0.15) is 5.10 Å². The summed E-state index contributed by atoms with van der Waals surface area (Å²) in [7, 11) is -3.16. The molecule has 2 N–H and O–H groups in total. The molecule has 2 aliphatic heterocycles. The molecule has 3 rings (SSSR count). The van der Waals surface area contributed by atoms with Crippen molar-refractivity contribution < 1.29 is 18.0 Å². The molecule has 0 aliphatic carbocycles. The number of amides is 2. The van der Waals surface area contributed by atoms with Crippen molar-refractivity contribution in [2.75, 3.05) is 31.2 Å². The molecular formula is C13H19N5O4S. The summed E-state index contributed by atoms with van der Waals surface area (Å²) < 4.78 is 25.6. The molecule has 0 saturated carbocycles. The Kier molecular flexibility index (Phi) is 4.11. The van der Waals surface area contributed by atoms with Crippen molar-refractivity contribution in [2.24, 2.45) is 5.92 Å². The van der Waals surface area contributed by atoms with E-state index in [9.17, 15) is 18.0 Å². The zero-order valence-corrected chi connectivity index (χ0v) is 13.6. The average Bonchev–Trinajstić information content (AvgIpc) is 2.95. The van der Waals surface area contributed by atoms with Crippen LogP contribution in [0.5, 0.6) is 0 Å². The summed E-state index contributed by atoms with van der Waals surface area (Å²) in [6.07, 6.45) is 3.12. The number of fused-ring (bicyclic) bond motifs is 1. The summed E-state index contributed by atoms with van der Waals surface area (Å²) >= 11 is 0. The van der Waals surface area contributed by atoms with Crippen molar-refractivity contribution in [3.05, 3.63) is 11.8 Å². The molecule has 0 bridgehead atoms. The van der Waals surface area contributed by atoms with Crippen LogP contribution in [-0.2, 0) is 32.6 Å². The Hall–Kier alpha value is -1.94. The third-order valence-electron chi connectivity index (χ3n) is 4.06. The van der Waals surface area contributed by atoms with Crippen molar-refractivity contribution in [3.63, 3.8) is 0 Å². The van der Waals surface area contributed by atoms with Gasteiger partial charge in [0.25, 0.3) is 0 Å². The first kappa shape index (κ1) is 15.9. The van der Waals surface area contributed by atoms with Gasteiger partial charge in [-0.15, -0.1) is 0 Å². The van der Waals surface area contributed by atoms with Gasteiger partial charge in [-0.25, -0.2) is 12.7 Å². The molecule has 1 aromatic rings. The second-order valence-electron chi connectivity index (χ2n) is 5.96. The predicted molar refractivity (Wildman–Crippen MR) is 82.1 cm³/mol. The molecule has 0 unspecified atom stereocenters. The molecule has 23 heavy (non-hydrogen) atoms. The number of anilines is 1. The van der Waals surface area contributed by atoms with E-state index < -0.39 is 21.8 Å². The van der Waals surface area contributed by atoms with E-state index in [4.69, 9.17) is 0 Å². The van der Waals surface area contributed by atoms with Crippen molar-refractivity contribution in [1.29, 1.82) is 0 Å². The van der Waals surface area contributed by atoms with Gasteiger partial charge in [0.05, 0.1) is 6.26 Å². The quantitative estimate of drug-likeness (QED) is 0.666. The van der Waals surface area contributed by atoms with Gasteiger partial charge in [-0.05, 0) is 12.8 Å². The smallest absolute Gasteiger partial charge is 0.314 e. The van der Waals surface area contributed by atoms with Crippen LogP contribution in [0.3, 0.4) is 0 Å². The minimum absolute atomic E-state index is 0.0397. The second kappa shape index (κ2) is 5.93. The second-order valence-corrected chi connectivity index (χ2v) is 7.94. The Morgan fingerprint density at radius 3 is 2.74 bits per heavy atom. The molecule has 9 nitrogen and oxygen atoms in total. The number of aryl methyl sites for hydroxylation is 2. The van der Waals surface area contributed by atoms with Crippen LogP contribution in [0.1, 0.15) is 12.1 Å². The van der Waals surface area contributed by atoms with E-state index in [-0.39, 0.29) is 12.5 Å². The zero-order chi connectivity index (χ0) is 16.6. The third kappa shape index (κ3) is 3.53. The highest BCUT2D eigenvalue weighted by Crippen LogP contribution is 2.18. The molecule has 2 amide bonds. The van der Waals surface area contributed by atoms with Crippen LogP contribution in [0.2, 0.25) is 0 Å². The van der Waals surface area contributed by atoms with E-state index in [1.54, 1.807) is 6.07 Å². The van der Waals surface area contributed by atoms with E-state index in [0.717, 1.165) is 31.3 Å². The van der Waals surface area contributed by atoms with E-state index in [2.05, 4.69) is 15.7 Å². The Bertz CT molecular complexity index is 714. The number of nitrogens with one attached hydrogen (secondary N) is 2. The average molecular weight is 341 g/mol. The van der Waals surface area contributed by atoms with Gasteiger partial charge in [0.1, 0.15) is 0 Å². The summed E-state index contributed by atoms with van der Waals surface area (Å²) in [5.41, 5.74) is 1.05. The molecule has 1 saturated heterocycles. The van der Waals surface area contributed by atoms with Gasteiger partial charge >= 0.3 is 11.8 Å². The Morgan fingerprint density at radius 2 is 2.09 bits per heavy atom. The van der Waals surface area contributed by atoms with E-state index >= 15 is 0 Å². The molecule has 2 aliphatic rings. The lowest BCUT2D eigenvalue weighted by Gasteiger charge is -2.37. The molecule has 0 aromatic carbocycles. The topological polar surface area (TPSA) is 113 Å². The number of hydrogen-bond donors (Lipinski definition) is 2. The maximum atomic E-state index is 11.8. The van der Waals surface area contributed by atoms with Gasteiger partial charge in [0.15, 0.2) is 5.82 Å². The zero-order valence-electron chi connectivity index (χ0n) is 12.8. The van der Waals surface area contributed by atoms with Gasteiger partial charge in [-0.1, -0.05) is 0 Å². The summed E-state index contributed by atoms with van der Waals surface area (Å²) in [6.45, 7) is 1.84. The first-order valence-electron chi connectivity index (χ1n) is 7.44. The Balaban J connectivity index is 1.42. The van der Waals surface area contributed by atoms with Gasteiger partial charge in [0.2, 0.25) is 10.0 Å². The Labute approximate surface area is 134 Å². The normalized spacial score (nSPS) is 18.3. The van der Waals surface area contributed by atoms with Crippen molar-refractivity contribution >= 4 is 27.7 Å². The fraction of sp³-hybridized carbons (Fsp3) is 0.615. The molecule has 0 atom stereocenters. The van der Waals surface area contributed by atoms with Crippen LogP contribution in [0.25, 0.3) is 0 Å². The molecule has 10 heteroatoms. The van der Waals surface area contributed by atoms with Crippen LogP contribution in [0.4, 0.5) is 5.82 Å². The maximum Gasteiger partial charge on any atom is 0.314 e. The summed E-state index contributed by atoms with van der Waals surface area (Å²) in [5, 5.41) is 9.20. The first-order chi connectivity index (χ1) is 10.8. The van der Waals surface area contributed by atoms with E-state index in [1.807, 2.05) is 4.68 Å². The number of carbonyl (C=O) groups excluding carboxylic acids is 2. The maximum absolute atomic E-state index is 11.8. The van der Waals surface area contributed by atoms with Gasteiger partial charge in [-0.3, -0.25) is 14.3 Å². The van der Waals surface area contributed by atoms with Crippen LogP contribution in [0, 0.1) is 5.92 Å². The van der Waals surface area contributed by atoms with E-state index in [0.29, 0.717) is 18.9 Å². The fourth-order valence-corrected chi connectivity index (χ4v) is 3.70. The molecule has 126 valence electrons. The Morgan fingerprint density at radius 1 is 1.35 bits per heavy atom. The number of rotatable bonds is 4. The SMILES string of the molecule is CS(=O)(=O)N1CC(CNC(=O)C(=O)Nc2cc3n(n2)CCC3)C1. The highest BCUT2D eigenvalue weighted by Gasteiger charge is 2.33. The minimum Gasteiger partial charge on any atom is -0.347 e. The summed E-state index contributed by atoms with van der Waals surface area (Å²) in [5.74, 6) is -1.08. The largest absolute Gasteiger partial charge is 0.347 e. The number of aromatic nitrogens is 2. The van der Waals surface area contributed by atoms with Crippen LogP contribution in [0.15, 0.2) is 6.07 Å². The molecule has 1 aromatic heterocycles. The lowest BCUT2D eigenvalue weighted by Crippen LogP contribution is -2.54. The standard InChI is InChI=1S/C13H19N5O4S/c1-23(21,22)17-7-9(8-17)6-14-12(19)13(20)15-11-5-10-3-2-4-18(10)16-11/h5,9H,2-4,6-8H2,1H3,(H,14,19)(H,15,16,20). The van der Waals surface area contributed by atoms with Crippen LogP contribution < -0.4 is 10.6 Å². The molecule has 0 radical (unpaired) electrons. The first-order valence-corrected chi connectivity index (χ1v) is 9.29. The number of nitrogens with zero attached hydrogens (tertiary/aromatic N) is 3. The van der Waals surface area contributed by atoms with Gasteiger partial charge < -0.3 is 10.6 Å². The lowest BCUT2D eigenvalue weighted by atomic mass is 10.0. The molecule has 0 spiro atoms. The summed E-state index contributed by atoms with van der Waals surface area (Å²) in [4.78, 5) is 23.6. The minimum atomic E-state index is -3.16. The van der Waals surface area contributed by atoms with Crippen molar-refractivity contribution in [1.82, 2.24) is 19.4 Å². The predicted octanol–water partition coefficient (Wildman–Crippen LogP) is -1.22. The number of sulfonamides is 1. The lowest BCUT2D eigenvalue weighted by molar-refractivity contribution is -0.136. The molecular weight excluding hydrogens is 322 g/mol.